The van der Waals surface area contributed by atoms with E-state index in [1.807, 2.05) is 51.1 Å². The number of ketones is 1. The smallest absolute Gasteiger partial charge is 0.260 e. The molecule has 0 bridgehead atoms. The second kappa shape index (κ2) is 10.6. The quantitative estimate of drug-likeness (QED) is 0.525. The maximum atomic E-state index is 12.5. The zero-order valence-corrected chi connectivity index (χ0v) is 19.3. The topological polar surface area (TPSA) is 75.7 Å². The number of amides is 2. The normalized spacial score (nSPS) is 10.4. The van der Waals surface area contributed by atoms with E-state index in [4.69, 9.17) is 4.74 Å². The minimum Gasteiger partial charge on any atom is -0.484 e. The molecule has 0 aliphatic carbocycles. The molecule has 0 heterocycles. The van der Waals surface area contributed by atoms with Gasteiger partial charge in [-0.1, -0.05) is 48.0 Å². The lowest BCUT2D eigenvalue weighted by atomic mass is 10.0. The third-order valence-corrected chi connectivity index (χ3v) is 5.26. The molecule has 0 aliphatic heterocycles. The van der Waals surface area contributed by atoms with E-state index in [0.717, 1.165) is 22.4 Å². The highest BCUT2D eigenvalue weighted by Gasteiger charge is 2.16. The Balaban J connectivity index is 1.51. The van der Waals surface area contributed by atoms with Crippen molar-refractivity contribution >= 4 is 23.3 Å². The van der Waals surface area contributed by atoms with E-state index in [1.165, 1.54) is 4.90 Å². The second-order valence-corrected chi connectivity index (χ2v) is 8.08. The summed E-state index contributed by atoms with van der Waals surface area (Å²) in [6.07, 6.45) is 0. The van der Waals surface area contributed by atoms with Crippen molar-refractivity contribution in [1.29, 1.82) is 0 Å². The molecule has 3 rings (SSSR count). The molecule has 3 aromatic carbocycles. The van der Waals surface area contributed by atoms with Gasteiger partial charge >= 0.3 is 0 Å². The molecule has 0 aliphatic rings. The number of rotatable bonds is 8. The molecule has 6 nitrogen and oxygen atoms in total. The van der Waals surface area contributed by atoms with E-state index in [2.05, 4.69) is 5.32 Å². The first kappa shape index (κ1) is 23.7. The van der Waals surface area contributed by atoms with Gasteiger partial charge in [-0.2, -0.15) is 0 Å². The zero-order chi connectivity index (χ0) is 24.0. The highest BCUT2D eigenvalue weighted by molar-refractivity contribution is 6.09. The van der Waals surface area contributed by atoms with Gasteiger partial charge in [0.25, 0.3) is 5.91 Å². The highest BCUT2D eigenvalue weighted by atomic mass is 16.5. The van der Waals surface area contributed by atoms with Crippen LogP contribution in [0.5, 0.6) is 5.75 Å². The Morgan fingerprint density at radius 3 is 2.03 bits per heavy atom. The monoisotopic (exact) mass is 444 g/mol. The molecule has 3 aromatic rings. The van der Waals surface area contributed by atoms with E-state index in [0.29, 0.717) is 16.9 Å². The molecular weight excluding hydrogens is 416 g/mol. The number of likely N-dealkylation sites (N-methyl/N-ethyl adjacent to an activating group) is 1. The van der Waals surface area contributed by atoms with Gasteiger partial charge in [-0.3, -0.25) is 14.4 Å². The van der Waals surface area contributed by atoms with Gasteiger partial charge in [-0.25, -0.2) is 0 Å². The van der Waals surface area contributed by atoms with Gasteiger partial charge in [0.1, 0.15) is 5.75 Å². The van der Waals surface area contributed by atoms with Crippen LogP contribution in [0.25, 0.3) is 0 Å². The van der Waals surface area contributed by atoms with Crippen LogP contribution in [-0.2, 0) is 9.59 Å². The van der Waals surface area contributed by atoms with E-state index < -0.39 is 0 Å². The molecule has 0 fully saturated rings. The van der Waals surface area contributed by atoms with Gasteiger partial charge in [0.05, 0.1) is 6.54 Å². The average molecular weight is 445 g/mol. The van der Waals surface area contributed by atoms with Gasteiger partial charge < -0.3 is 15.0 Å². The SMILES string of the molecule is Cc1cc(C)c(NC(=O)CN(C)C(=O)COc2ccc(C(=O)c3ccccc3)cc2)c(C)c1. The summed E-state index contributed by atoms with van der Waals surface area (Å²) in [7, 11) is 1.56. The van der Waals surface area contributed by atoms with E-state index in [-0.39, 0.29) is 30.7 Å². The Labute approximate surface area is 194 Å². The second-order valence-electron chi connectivity index (χ2n) is 8.08. The van der Waals surface area contributed by atoms with Crippen molar-refractivity contribution < 1.29 is 19.1 Å². The standard InChI is InChI=1S/C27H28N2O4/c1-18-14-19(2)26(20(3)15-18)28-24(30)16-29(4)25(31)17-33-23-12-10-22(11-13-23)27(32)21-8-6-5-7-9-21/h5-15H,16-17H2,1-4H3,(H,28,30). The average Bonchev–Trinajstić information content (AvgIpc) is 2.80. The van der Waals surface area contributed by atoms with Crippen molar-refractivity contribution in [3.63, 3.8) is 0 Å². The third kappa shape index (κ3) is 6.29. The number of benzene rings is 3. The number of nitrogens with zero attached hydrogens (tertiary/aromatic N) is 1. The molecular formula is C27H28N2O4. The maximum absolute atomic E-state index is 12.5. The van der Waals surface area contributed by atoms with Crippen molar-refractivity contribution in [2.75, 3.05) is 25.5 Å². The predicted octanol–water partition coefficient (Wildman–Crippen LogP) is 4.32. The minimum atomic E-state index is -0.327. The Morgan fingerprint density at radius 2 is 1.42 bits per heavy atom. The van der Waals surface area contributed by atoms with E-state index in [1.54, 1.807) is 43.4 Å². The summed E-state index contributed by atoms with van der Waals surface area (Å²) < 4.78 is 5.55. The van der Waals surface area contributed by atoms with Crippen LogP contribution >= 0.6 is 0 Å². The Morgan fingerprint density at radius 1 is 0.848 bits per heavy atom. The summed E-state index contributed by atoms with van der Waals surface area (Å²) in [5, 5.41) is 2.89. The molecule has 170 valence electrons. The fourth-order valence-electron chi connectivity index (χ4n) is 3.57. The number of carbonyl (C=O) groups is 3. The maximum Gasteiger partial charge on any atom is 0.260 e. The number of anilines is 1. The Hall–Kier alpha value is -3.93. The minimum absolute atomic E-state index is 0.0805. The summed E-state index contributed by atoms with van der Waals surface area (Å²) in [4.78, 5) is 38.6. The van der Waals surface area contributed by atoms with Crippen LogP contribution in [0.15, 0.2) is 66.7 Å². The van der Waals surface area contributed by atoms with Crippen LogP contribution in [0.2, 0.25) is 0 Å². The lowest BCUT2D eigenvalue weighted by molar-refractivity contribution is -0.135. The number of nitrogens with one attached hydrogen (secondary N) is 1. The van der Waals surface area contributed by atoms with Crippen molar-refractivity contribution in [2.24, 2.45) is 0 Å². The van der Waals surface area contributed by atoms with Crippen LogP contribution in [0.3, 0.4) is 0 Å². The summed E-state index contributed by atoms with van der Waals surface area (Å²) in [6.45, 7) is 5.60. The summed E-state index contributed by atoms with van der Waals surface area (Å²) in [6, 6.07) is 19.7. The molecule has 0 radical (unpaired) electrons. The van der Waals surface area contributed by atoms with Crippen molar-refractivity contribution in [2.45, 2.75) is 20.8 Å². The van der Waals surface area contributed by atoms with Crippen molar-refractivity contribution in [3.8, 4) is 5.75 Å². The number of hydrogen-bond donors (Lipinski definition) is 1. The number of ether oxygens (including phenoxy) is 1. The highest BCUT2D eigenvalue weighted by Crippen LogP contribution is 2.22. The molecule has 0 saturated carbocycles. The molecule has 0 aromatic heterocycles. The number of carbonyl (C=O) groups excluding carboxylic acids is 3. The van der Waals surface area contributed by atoms with Crippen LogP contribution in [0.4, 0.5) is 5.69 Å². The Bertz CT molecular complexity index is 1130. The molecule has 2 amide bonds. The third-order valence-electron chi connectivity index (χ3n) is 5.26. The van der Waals surface area contributed by atoms with Crippen molar-refractivity contribution in [3.05, 3.63) is 94.5 Å². The van der Waals surface area contributed by atoms with Crippen LogP contribution in [0, 0.1) is 20.8 Å². The van der Waals surface area contributed by atoms with Gasteiger partial charge in [-0.15, -0.1) is 0 Å². The molecule has 6 heteroatoms. The lowest BCUT2D eigenvalue weighted by Gasteiger charge is -2.18. The first-order valence-corrected chi connectivity index (χ1v) is 10.7. The summed E-state index contributed by atoms with van der Waals surface area (Å²) in [5.41, 5.74) is 5.00. The molecule has 0 saturated heterocycles. The predicted molar refractivity (Wildman–Crippen MR) is 129 cm³/mol. The van der Waals surface area contributed by atoms with Crippen LogP contribution in [-0.4, -0.2) is 42.7 Å². The van der Waals surface area contributed by atoms with Crippen molar-refractivity contribution in [1.82, 2.24) is 4.90 Å². The number of hydrogen-bond acceptors (Lipinski definition) is 4. The van der Waals surface area contributed by atoms with Gasteiger partial charge in [0.2, 0.25) is 5.91 Å². The molecule has 33 heavy (non-hydrogen) atoms. The summed E-state index contributed by atoms with van der Waals surface area (Å²) in [5.74, 6) is -0.212. The van der Waals surface area contributed by atoms with E-state index >= 15 is 0 Å². The molecule has 0 spiro atoms. The Kier molecular flexibility index (Phi) is 7.61. The fourth-order valence-corrected chi connectivity index (χ4v) is 3.57. The number of aryl methyl sites for hydroxylation is 3. The van der Waals surface area contributed by atoms with Gasteiger partial charge in [-0.05, 0) is 56.2 Å². The molecule has 0 atom stereocenters. The molecule has 0 unspecified atom stereocenters. The van der Waals surface area contributed by atoms with E-state index in [9.17, 15) is 14.4 Å². The largest absolute Gasteiger partial charge is 0.484 e. The lowest BCUT2D eigenvalue weighted by Crippen LogP contribution is -2.37. The zero-order valence-electron chi connectivity index (χ0n) is 19.3. The van der Waals surface area contributed by atoms with Crippen LogP contribution in [0.1, 0.15) is 32.6 Å². The first-order valence-electron chi connectivity index (χ1n) is 10.7. The first-order chi connectivity index (χ1) is 15.7. The van der Waals surface area contributed by atoms with Crippen LogP contribution < -0.4 is 10.1 Å². The fraction of sp³-hybridized carbons (Fsp3) is 0.222. The van der Waals surface area contributed by atoms with Gasteiger partial charge in [0.15, 0.2) is 12.4 Å². The summed E-state index contributed by atoms with van der Waals surface area (Å²) >= 11 is 0. The van der Waals surface area contributed by atoms with Gasteiger partial charge in [0, 0.05) is 23.9 Å². The molecule has 1 N–H and O–H groups in total.